The van der Waals surface area contributed by atoms with Gasteiger partial charge in [0.1, 0.15) is 11.3 Å². The summed E-state index contributed by atoms with van der Waals surface area (Å²) < 4.78 is 10.4. The van der Waals surface area contributed by atoms with Crippen molar-refractivity contribution in [1.82, 2.24) is 10.2 Å². The lowest BCUT2D eigenvalue weighted by Crippen LogP contribution is -2.71. The fourth-order valence-corrected chi connectivity index (χ4v) is 4.19. The van der Waals surface area contributed by atoms with Crippen molar-refractivity contribution in [2.75, 3.05) is 21.3 Å². The van der Waals surface area contributed by atoms with Crippen molar-refractivity contribution in [1.29, 1.82) is 0 Å². The fraction of sp³-hybridized carbons (Fsp3) is 0.600. The molecule has 1 aliphatic heterocycles. The van der Waals surface area contributed by atoms with Crippen LogP contribution in [0.25, 0.3) is 0 Å². The highest BCUT2D eigenvalue weighted by Gasteiger charge is 2.56. The standard InChI is InChI=1S/C20H30N2O4/c1-18(2)12-20(17(24)26-7,13-19(3,4)22(18)5)21-16(23)14-10-8-9-11-15(14)25-6/h8-11H,12-13H2,1-7H3,(H,21,23). The second-order valence-electron chi connectivity index (χ2n) is 8.27. The molecule has 1 aromatic carbocycles. The van der Waals surface area contributed by atoms with E-state index in [1.54, 1.807) is 24.3 Å². The number of methoxy groups -OCH3 is 2. The maximum atomic E-state index is 13.0. The van der Waals surface area contributed by atoms with E-state index in [0.717, 1.165) is 0 Å². The van der Waals surface area contributed by atoms with Gasteiger partial charge in [-0.2, -0.15) is 0 Å². The number of likely N-dealkylation sites (tertiary alicyclic amines) is 1. The molecule has 1 amide bonds. The summed E-state index contributed by atoms with van der Waals surface area (Å²) in [5.41, 5.74) is -1.31. The average Bonchev–Trinajstić information content (AvgIpc) is 2.58. The molecular weight excluding hydrogens is 332 g/mol. The van der Waals surface area contributed by atoms with Gasteiger partial charge in [0.2, 0.25) is 0 Å². The predicted molar refractivity (Wildman–Crippen MR) is 100 cm³/mol. The van der Waals surface area contributed by atoms with E-state index in [9.17, 15) is 9.59 Å². The first-order chi connectivity index (χ1) is 12.0. The van der Waals surface area contributed by atoms with Gasteiger partial charge in [0.05, 0.1) is 19.8 Å². The summed E-state index contributed by atoms with van der Waals surface area (Å²) in [5.74, 6) is -0.296. The second-order valence-corrected chi connectivity index (χ2v) is 8.27. The number of esters is 1. The van der Waals surface area contributed by atoms with Gasteiger partial charge in [0.15, 0.2) is 0 Å². The van der Waals surface area contributed by atoms with Crippen molar-refractivity contribution in [3.05, 3.63) is 29.8 Å². The second kappa shape index (κ2) is 6.91. The first-order valence-electron chi connectivity index (χ1n) is 8.77. The van der Waals surface area contributed by atoms with Crippen molar-refractivity contribution in [3.63, 3.8) is 0 Å². The lowest BCUT2D eigenvalue weighted by atomic mass is 9.69. The molecule has 2 rings (SSSR count). The SMILES string of the molecule is COC(=O)C1(NC(=O)c2ccccc2OC)CC(C)(C)N(C)C(C)(C)C1. The number of benzene rings is 1. The number of piperidine rings is 1. The molecule has 0 spiro atoms. The topological polar surface area (TPSA) is 67.9 Å². The maximum Gasteiger partial charge on any atom is 0.331 e. The minimum atomic E-state index is -1.10. The highest BCUT2D eigenvalue weighted by molar-refractivity contribution is 6.00. The van der Waals surface area contributed by atoms with Crippen molar-refractivity contribution >= 4 is 11.9 Å². The molecule has 0 radical (unpaired) electrons. The van der Waals surface area contributed by atoms with Crippen LogP contribution in [0.1, 0.15) is 50.9 Å². The largest absolute Gasteiger partial charge is 0.496 e. The lowest BCUT2D eigenvalue weighted by molar-refractivity contribution is -0.157. The van der Waals surface area contributed by atoms with Crippen molar-refractivity contribution in [3.8, 4) is 5.75 Å². The van der Waals surface area contributed by atoms with Crippen molar-refractivity contribution < 1.29 is 19.1 Å². The van der Waals surface area contributed by atoms with Crippen LogP contribution in [0.4, 0.5) is 0 Å². The number of nitrogens with zero attached hydrogens (tertiary/aromatic N) is 1. The highest BCUT2D eigenvalue weighted by atomic mass is 16.5. The molecule has 0 aromatic heterocycles. The molecule has 1 aliphatic rings. The molecule has 144 valence electrons. The van der Waals surface area contributed by atoms with Crippen LogP contribution in [0.5, 0.6) is 5.75 Å². The Morgan fingerprint density at radius 1 is 1.04 bits per heavy atom. The molecule has 1 aromatic rings. The monoisotopic (exact) mass is 362 g/mol. The quantitative estimate of drug-likeness (QED) is 0.834. The summed E-state index contributed by atoms with van der Waals surface area (Å²) in [6.45, 7) is 8.28. The van der Waals surface area contributed by atoms with Gasteiger partial charge in [-0.15, -0.1) is 0 Å². The Bertz CT molecular complexity index is 679. The van der Waals surface area contributed by atoms with Gasteiger partial charge in [-0.3, -0.25) is 9.69 Å². The van der Waals surface area contributed by atoms with Gasteiger partial charge in [0.25, 0.3) is 5.91 Å². The number of para-hydroxylation sites is 1. The summed E-state index contributed by atoms with van der Waals surface area (Å²) in [5, 5.41) is 2.99. The summed E-state index contributed by atoms with van der Waals surface area (Å²) in [7, 11) is 4.92. The van der Waals surface area contributed by atoms with Crippen LogP contribution in [0.3, 0.4) is 0 Å². The molecule has 6 nitrogen and oxygen atoms in total. The third-order valence-corrected chi connectivity index (χ3v) is 5.57. The normalized spacial score (nSPS) is 20.9. The molecule has 1 N–H and O–H groups in total. The maximum absolute atomic E-state index is 13.0. The Balaban J connectivity index is 2.45. The Morgan fingerprint density at radius 2 is 1.58 bits per heavy atom. The number of hydrogen-bond donors (Lipinski definition) is 1. The van der Waals surface area contributed by atoms with E-state index in [1.165, 1.54) is 14.2 Å². The number of carbonyl (C=O) groups excluding carboxylic acids is 2. The fourth-order valence-electron chi connectivity index (χ4n) is 4.19. The van der Waals surface area contributed by atoms with Crippen LogP contribution in [0.2, 0.25) is 0 Å². The Kier molecular flexibility index (Phi) is 5.38. The molecule has 6 heteroatoms. The molecule has 1 heterocycles. The minimum Gasteiger partial charge on any atom is -0.496 e. The summed E-state index contributed by atoms with van der Waals surface area (Å²) in [6.07, 6.45) is 0.904. The molecule has 0 saturated carbocycles. The van der Waals surface area contributed by atoms with Crippen LogP contribution < -0.4 is 10.1 Å². The lowest BCUT2D eigenvalue weighted by Gasteiger charge is -2.57. The van der Waals surface area contributed by atoms with Crippen molar-refractivity contribution in [2.24, 2.45) is 0 Å². The van der Waals surface area contributed by atoms with E-state index in [0.29, 0.717) is 24.2 Å². The highest BCUT2D eigenvalue weighted by Crippen LogP contribution is 2.43. The van der Waals surface area contributed by atoms with Gasteiger partial charge in [-0.05, 0) is 59.7 Å². The number of ether oxygens (including phenoxy) is 2. The zero-order valence-electron chi connectivity index (χ0n) is 16.8. The number of nitrogens with one attached hydrogen (secondary N) is 1. The van der Waals surface area contributed by atoms with E-state index in [-0.39, 0.29) is 17.0 Å². The van der Waals surface area contributed by atoms with Crippen LogP contribution in [-0.2, 0) is 9.53 Å². The third-order valence-electron chi connectivity index (χ3n) is 5.57. The van der Waals surface area contributed by atoms with Crippen LogP contribution in [0.15, 0.2) is 24.3 Å². The van der Waals surface area contributed by atoms with Gasteiger partial charge < -0.3 is 14.8 Å². The van der Waals surface area contributed by atoms with Crippen LogP contribution in [0, 0.1) is 0 Å². The zero-order chi connectivity index (χ0) is 19.8. The predicted octanol–water partition coefficient (Wildman–Crippen LogP) is 2.62. The molecule has 0 unspecified atom stereocenters. The Hall–Kier alpha value is -2.08. The zero-order valence-corrected chi connectivity index (χ0v) is 16.8. The van der Waals surface area contributed by atoms with E-state index < -0.39 is 11.5 Å². The van der Waals surface area contributed by atoms with Gasteiger partial charge >= 0.3 is 5.97 Å². The van der Waals surface area contributed by atoms with Crippen LogP contribution in [-0.4, -0.2) is 54.7 Å². The number of rotatable bonds is 4. The third kappa shape index (κ3) is 3.56. The molecule has 26 heavy (non-hydrogen) atoms. The molecular formula is C20H30N2O4. The van der Waals surface area contributed by atoms with E-state index >= 15 is 0 Å². The Morgan fingerprint density at radius 3 is 2.08 bits per heavy atom. The van der Waals surface area contributed by atoms with Gasteiger partial charge in [-0.25, -0.2) is 4.79 Å². The number of amides is 1. The van der Waals surface area contributed by atoms with Crippen molar-refractivity contribution in [2.45, 2.75) is 57.2 Å². The molecule has 0 aliphatic carbocycles. The van der Waals surface area contributed by atoms with Gasteiger partial charge in [0, 0.05) is 11.1 Å². The van der Waals surface area contributed by atoms with E-state index in [2.05, 4.69) is 37.9 Å². The van der Waals surface area contributed by atoms with E-state index in [4.69, 9.17) is 9.47 Å². The first-order valence-corrected chi connectivity index (χ1v) is 8.77. The first kappa shape index (κ1) is 20.2. The minimum absolute atomic E-state index is 0.302. The summed E-state index contributed by atoms with van der Waals surface area (Å²) in [6, 6.07) is 6.98. The summed E-state index contributed by atoms with van der Waals surface area (Å²) >= 11 is 0. The number of carbonyl (C=O) groups is 2. The summed E-state index contributed by atoms with van der Waals surface area (Å²) in [4.78, 5) is 28.1. The number of hydrogen-bond acceptors (Lipinski definition) is 5. The van der Waals surface area contributed by atoms with Gasteiger partial charge in [-0.1, -0.05) is 12.1 Å². The van der Waals surface area contributed by atoms with E-state index in [1.807, 2.05) is 7.05 Å². The van der Waals surface area contributed by atoms with Crippen LogP contribution >= 0.6 is 0 Å². The molecule has 1 saturated heterocycles. The average molecular weight is 362 g/mol. The molecule has 0 atom stereocenters. The smallest absolute Gasteiger partial charge is 0.331 e. The molecule has 1 fully saturated rings. The molecule has 0 bridgehead atoms. The Labute approximate surface area is 155 Å².